The number of carbonyl (C=O) groups is 1. The zero-order valence-electron chi connectivity index (χ0n) is 15.0. The Balaban J connectivity index is 2.07. The number of nitrogens with zero attached hydrogens (tertiary/aromatic N) is 2. The van der Waals surface area contributed by atoms with Gasteiger partial charge in [0, 0.05) is 12.7 Å². The molecular formula is C19H20IN3O3S. The molecule has 0 amide bonds. The smallest absolute Gasteiger partial charge is 0.308 e. The van der Waals surface area contributed by atoms with E-state index in [9.17, 15) is 4.79 Å². The monoisotopic (exact) mass is 497 g/mol. The average molecular weight is 497 g/mol. The Labute approximate surface area is 176 Å². The molecule has 0 atom stereocenters. The van der Waals surface area contributed by atoms with Crippen LogP contribution in [0.15, 0.2) is 52.7 Å². The first kappa shape index (κ1) is 21.2. The SMILES string of the molecule is CCOc1cc(C=NN=C(N)SCc2ccccc2)cc(I)c1OC(C)=O. The lowest BCUT2D eigenvalue weighted by Crippen LogP contribution is -2.07. The Morgan fingerprint density at radius 1 is 1.30 bits per heavy atom. The summed E-state index contributed by atoms with van der Waals surface area (Å²) in [5.41, 5.74) is 7.82. The predicted octanol–water partition coefficient (Wildman–Crippen LogP) is 4.20. The maximum Gasteiger partial charge on any atom is 0.308 e. The molecule has 0 saturated heterocycles. The lowest BCUT2D eigenvalue weighted by molar-refractivity contribution is -0.132. The molecule has 2 rings (SSSR count). The highest BCUT2D eigenvalue weighted by Gasteiger charge is 2.13. The van der Waals surface area contributed by atoms with Gasteiger partial charge in [-0.15, -0.1) is 5.10 Å². The van der Waals surface area contributed by atoms with Crippen molar-refractivity contribution in [1.82, 2.24) is 0 Å². The second-order valence-corrected chi connectivity index (χ2v) is 7.47. The average Bonchev–Trinajstić information content (AvgIpc) is 2.64. The molecule has 0 heterocycles. The Bertz CT molecular complexity index is 842. The van der Waals surface area contributed by atoms with Crippen molar-refractivity contribution in [2.75, 3.05) is 6.61 Å². The zero-order chi connectivity index (χ0) is 19.6. The van der Waals surface area contributed by atoms with Gasteiger partial charge in [0.05, 0.1) is 16.4 Å². The predicted molar refractivity (Wildman–Crippen MR) is 119 cm³/mol. The summed E-state index contributed by atoms with van der Waals surface area (Å²) in [5, 5.41) is 8.43. The van der Waals surface area contributed by atoms with Crippen LogP contribution in [-0.2, 0) is 10.5 Å². The van der Waals surface area contributed by atoms with Gasteiger partial charge in [-0.2, -0.15) is 5.10 Å². The Hall–Kier alpha value is -2.07. The van der Waals surface area contributed by atoms with E-state index in [4.69, 9.17) is 15.2 Å². The number of benzene rings is 2. The van der Waals surface area contributed by atoms with Gasteiger partial charge in [-0.3, -0.25) is 4.79 Å². The fraction of sp³-hybridized carbons (Fsp3) is 0.211. The highest BCUT2D eigenvalue weighted by molar-refractivity contribution is 14.1. The summed E-state index contributed by atoms with van der Waals surface area (Å²) in [6.45, 7) is 3.66. The van der Waals surface area contributed by atoms with E-state index in [-0.39, 0.29) is 0 Å². The summed E-state index contributed by atoms with van der Waals surface area (Å²) in [5.74, 6) is 1.22. The van der Waals surface area contributed by atoms with Gasteiger partial charge in [-0.1, -0.05) is 42.1 Å². The van der Waals surface area contributed by atoms with E-state index in [1.54, 1.807) is 12.3 Å². The van der Waals surface area contributed by atoms with Crippen LogP contribution in [0.2, 0.25) is 0 Å². The minimum absolute atomic E-state index is 0.381. The molecular weight excluding hydrogens is 477 g/mol. The lowest BCUT2D eigenvalue weighted by atomic mass is 10.2. The molecule has 0 radical (unpaired) electrons. The van der Waals surface area contributed by atoms with Crippen molar-refractivity contribution < 1.29 is 14.3 Å². The summed E-state index contributed by atoms with van der Waals surface area (Å²) < 4.78 is 11.5. The number of amidine groups is 1. The lowest BCUT2D eigenvalue weighted by Gasteiger charge is -2.12. The topological polar surface area (TPSA) is 86.3 Å². The molecule has 8 heteroatoms. The number of nitrogens with two attached hydrogens (primary N) is 1. The summed E-state index contributed by atoms with van der Waals surface area (Å²) >= 11 is 3.50. The number of rotatable bonds is 7. The van der Waals surface area contributed by atoms with Crippen LogP contribution in [0.4, 0.5) is 0 Å². The van der Waals surface area contributed by atoms with Crippen molar-refractivity contribution in [3.63, 3.8) is 0 Å². The third-order valence-corrected chi connectivity index (χ3v) is 4.83. The van der Waals surface area contributed by atoms with Crippen molar-refractivity contribution in [3.05, 3.63) is 57.2 Å². The molecule has 2 aromatic carbocycles. The van der Waals surface area contributed by atoms with Crippen LogP contribution in [0.5, 0.6) is 11.5 Å². The van der Waals surface area contributed by atoms with Gasteiger partial charge in [0.15, 0.2) is 16.7 Å². The number of ether oxygens (including phenoxy) is 2. The fourth-order valence-electron chi connectivity index (χ4n) is 2.08. The normalized spacial score (nSPS) is 11.6. The molecule has 0 aliphatic rings. The first-order chi connectivity index (χ1) is 13.0. The van der Waals surface area contributed by atoms with Crippen LogP contribution in [0.25, 0.3) is 0 Å². The number of hydrogen-bond acceptors (Lipinski definition) is 6. The van der Waals surface area contributed by atoms with Crippen LogP contribution in [0.1, 0.15) is 25.0 Å². The van der Waals surface area contributed by atoms with E-state index in [1.165, 1.54) is 24.2 Å². The van der Waals surface area contributed by atoms with Crippen LogP contribution in [0.3, 0.4) is 0 Å². The number of hydrogen-bond donors (Lipinski definition) is 1. The molecule has 0 aromatic heterocycles. The van der Waals surface area contributed by atoms with Gasteiger partial charge in [0.1, 0.15) is 0 Å². The number of esters is 1. The van der Waals surface area contributed by atoms with E-state index in [0.717, 1.165) is 14.9 Å². The highest BCUT2D eigenvalue weighted by atomic mass is 127. The van der Waals surface area contributed by atoms with Crippen molar-refractivity contribution >= 4 is 51.7 Å². The number of carbonyl (C=O) groups excluding carboxylic acids is 1. The van der Waals surface area contributed by atoms with Crippen molar-refractivity contribution in [1.29, 1.82) is 0 Å². The van der Waals surface area contributed by atoms with Crippen molar-refractivity contribution in [2.45, 2.75) is 19.6 Å². The first-order valence-electron chi connectivity index (χ1n) is 8.17. The first-order valence-corrected chi connectivity index (χ1v) is 10.2. The summed E-state index contributed by atoms with van der Waals surface area (Å²) in [7, 11) is 0. The third-order valence-electron chi connectivity index (χ3n) is 3.17. The van der Waals surface area contributed by atoms with E-state index in [2.05, 4.69) is 32.8 Å². The molecule has 0 fully saturated rings. The Morgan fingerprint density at radius 3 is 2.70 bits per heavy atom. The van der Waals surface area contributed by atoms with Gasteiger partial charge in [-0.25, -0.2) is 0 Å². The summed E-state index contributed by atoms with van der Waals surface area (Å²) in [4.78, 5) is 11.3. The van der Waals surface area contributed by atoms with Crippen LogP contribution < -0.4 is 15.2 Å². The quantitative estimate of drug-likeness (QED) is 0.155. The largest absolute Gasteiger partial charge is 0.490 e. The highest BCUT2D eigenvalue weighted by Crippen LogP contribution is 2.34. The van der Waals surface area contributed by atoms with Gasteiger partial charge < -0.3 is 15.2 Å². The Morgan fingerprint density at radius 2 is 2.04 bits per heavy atom. The minimum Gasteiger partial charge on any atom is -0.490 e. The second kappa shape index (κ2) is 10.9. The zero-order valence-corrected chi connectivity index (χ0v) is 18.0. The molecule has 0 unspecified atom stereocenters. The van der Waals surface area contributed by atoms with Gasteiger partial charge >= 0.3 is 5.97 Å². The van der Waals surface area contributed by atoms with Crippen LogP contribution in [-0.4, -0.2) is 24.0 Å². The Kier molecular flexibility index (Phi) is 8.59. The van der Waals surface area contributed by atoms with Crippen molar-refractivity contribution in [2.24, 2.45) is 15.9 Å². The number of halogens is 1. The molecule has 6 nitrogen and oxygen atoms in total. The molecule has 0 saturated carbocycles. The van der Waals surface area contributed by atoms with E-state index < -0.39 is 5.97 Å². The minimum atomic E-state index is -0.400. The maximum atomic E-state index is 11.3. The molecule has 0 aliphatic heterocycles. The molecule has 142 valence electrons. The summed E-state index contributed by atoms with van der Waals surface area (Å²) in [6, 6.07) is 13.6. The van der Waals surface area contributed by atoms with Crippen molar-refractivity contribution in [3.8, 4) is 11.5 Å². The third kappa shape index (κ3) is 7.22. The molecule has 27 heavy (non-hydrogen) atoms. The molecule has 0 bridgehead atoms. The van der Waals surface area contributed by atoms with Crippen LogP contribution >= 0.6 is 34.4 Å². The molecule has 2 aromatic rings. The maximum absolute atomic E-state index is 11.3. The second-order valence-electron chi connectivity index (χ2n) is 5.31. The van der Waals surface area contributed by atoms with E-state index in [0.29, 0.717) is 23.3 Å². The summed E-state index contributed by atoms with van der Waals surface area (Å²) in [6.07, 6.45) is 1.58. The van der Waals surface area contributed by atoms with Gasteiger partial charge in [0.2, 0.25) is 0 Å². The fourth-order valence-corrected chi connectivity index (χ4v) is 3.43. The van der Waals surface area contributed by atoms with E-state index in [1.807, 2.05) is 43.3 Å². The standard InChI is InChI=1S/C19H20IN3O3S/c1-3-25-17-10-15(9-16(20)18(17)26-13(2)24)11-22-23-19(21)27-12-14-7-5-4-6-8-14/h4-11H,3,12H2,1-2H3,(H2,21,23). The van der Waals surface area contributed by atoms with E-state index >= 15 is 0 Å². The molecule has 0 aliphatic carbocycles. The van der Waals surface area contributed by atoms with Gasteiger partial charge in [-0.05, 0) is 52.8 Å². The molecule has 0 spiro atoms. The van der Waals surface area contributed by atoms with Crippen LogP contribution in [0, 0.1) is 3.57 Å². The number of thioether (sulfide) groups is 1. The van der Waals surface area contributed by atoms with Gasteiger partial charge in [0.25, 0.3) is 0 Å². The molecule has 2 N–H and O–H groups in total.